The Morgan fingerprint density at radius 1 is 1.65 bits per heavy atom. The number of nitrogens with zero attached hydrogens (tertiary/aromatic N) is 2. The maximum atomic E-state index is 11.2. The molecule has 0 aliphatic carbocycles. The van der Waals surface area contributed by atoms with Crippen molar-refractivity contribution in [3.05, 3.63) is 21.7 Å². The molecule has 10 heteroatoms. The van der Waals surface area contributed by atoms with Gasteiger partial charge in [-0.05, 0) is 0 Å². The van der Waals surface area contributed by atoms with Crippen molar-refractivity contribution in [3.63, 3.8) is 0 Å². The van der Waals surface area contributed by atoms with Gasteiger partial charge in [-0.25, -0.2) is 10.2 Å². The second-order valence-corrected chi connectivity index (χ2v) is 3.57. The number of hydrogen-bond donors (Lipinski definition) is 2. The maximum absolute atomic E-state index is 11.2. The van der Waals surface area contributed by atoms with E-state index >= 15 is 0 Å². The number of hydrazone groups is 1. The van der Waals surface area contributed by atoms with Crippen LogP contribution in [0, 0.1) is 10.1 Å². The van der Waals surface area contributed by atoms with Crippen LogP contribution >= 0.6 is 0 Å². The molecule has 2 amide bonds. The van der Waals surface area contributed by atoms with Crippen molar-refractivity contribution < 1.29 is 23.9 Å². The Balaban J connectivity index is 2.52. The number of nitrogens with two attached hydrogens (primary N) is 1. The third-order valence-electron chi connectivity index (χ3n) is 2.39. The summed E-state index contributed by atoms with van der Waals surface area (Å²) in [6.07, 6.45) is 1.06. The van der Waals surface area contributed by atoms with Crippen LogP contribution in [0.15, 0.2) is 11.2 Å². The quantitative estimate of drug-likeness (QED) is 0.463. The van der Waals surface area contributed by atoms with Crippen molar-refractivity contribution in [2.75, 3.05) is 13.9 Å². The van der Waals surface area contributed by atoms with Crippen LogP contribution in [0.5, 0.6) is 17.2 Å². The molecule has 20 heavy (non-hydrogen) atoms. The number of primary amides is 1. The fraction of sp³-hybridized carbons (Fsp3) is 0.200. The van der Waals surface area contributed by atoms with Crippen LogP contribution in [0.4, 0.5) is 10.5 Å². The lowest BCUT2D eigenvalue weighted by Gasteiger charge is -2.07. The van der Waals surface area contributed by atoms with E-state index in [0.29, 0.717) is 0 Å². The molecule has 1 heterocycles. The van der Waals surface area contributed by atoms with Crippen LogP contribution in [0.3, 0.4) is 0 Å². The fourth-order valence-corrected chi connectivity index (χ4v) is 1.66. The second-order valence-electron chi connectivity index (χ2n) is 3.57. The molecule has 1 aromatic carbocycles. The molecule has 0 radical (unpaired) electrons. The Bertz CT molecular complexity index is 600. The Kier molecular flexibility index (Phi) is 3.55. The van der Waals surface area contributed by atoms with Gasteiger partial charge in [0.15, 0.2) is 5.75 Å². The molecule has 0 fully saturated rings. The minimum absolute atomic E-state index is 0.0665. The molecular formula is C10H10N4O6. The highest BCUT2D eigenvalue weighted by Gasteiger charge is 2.31. The molecule has 3 N–H and O–H groups in total. The molecule has 0 saturated carbocycles. The summed E-state index contributed by atoms with van der Waals surface area (Å²) in [6.45, 7) is -0.0665. The van der Waals surface area contributed by atoms with Gasteiger partial charge in [-0.3, -0.25) is 10.1 Å². The fourth-order valence-electron chi connectivity index (χ4n) is 1.66. The Morgan fingerprint density at radius 2 is 2.40 bits per heavy atom. The van der Waals surface area contributed by atoms with Crippen molar-refractivity contribution in [3.8, 4) is 17.2 Å². The Labute approximate surface area is 112 Å². The van der Waals surface area contributed by atoms with Crippen LogP contribution in [0.2, 0.25) is 0 Å². The highest BCUT2D eigenvalue weighted by molar-refractivity contribution is 5.90. The molecule has 1 aliphatic heterocycles. The predicted octanol–water partition coefficient (Wildman–Crippen LogP) is 0.334. The SMILES string of the molecule is COc1c2c(cc(C=NNC(N)=O)c1[N+](=O)[O-])OCO2. The predicted molar refractivity (Wildman–Crippen MR) is 66.1 cm³/mol. The van der Waals surface area contributed by atoms with Crippen LogP contribution in [-0.2, 0) is 0 Å². The zero-order chi connectivity index (χ0) is 14.7. The summed E-state index contributed by atoms with van der Waals surface area (Å²) in [5, 5.41) is 14.6. The van der Waals surface area contributed by atoms with Gasteiger partial charge in [-0.15, -0.1) is 0 Å². The summed E-state index contributed by atoms with van der Waals surface area (Å²) in [5.41, 5.74) is 6.49. The topological polar surface area (TPSA) is 138 Å². The molecule has 0 bridgehead atoms. The van der Waals surface area contributed by atoms with Gasteiger partial charge in [0.05, 0.1) is 23.8 Å². The number of ether oxygens (including phenoxy) is 3. The largest absolute Gasteiger partial charge is 0.487 e. The first-order valence-corrected chi connectivity index (χ1v) is 5.28. The van der Waals surface area contributed by atoms with Crippen molar-refractivity contribution in [2.45, 2.75) is 0 Å². The summed E-state index contributed by atoms with van der Waals surface area (Å²) < 4.78 is 15.3. The van der Waals surface area contributed by atoms with Crippen molar-refractivity contribution in [2.24, 2.45) is 10.8 Å². The minimum atomic E-state index is -0.892. The summed E-state index contributed by atoms with van der Waals surface area (Å²) in [7, 11) is 1.27. The molecule has 0 aromatic heterocycles. The summed E-state index contributed by atoms with van der Waals surface area (Å²) in [5.74, 6) is 0.359. The molecule has 106 valence electrons. The molecule has 10 nitrogen and oxygen atoms in total. The number of rotatable bonds is 4. The number of carbonyl (C=O) groups excluding carboxylic acids is 1. The highest BCUT2D eigenvalue weighted by atomic mass is 16.7. The lowest BCUT2D eigenvalue weighted by atomic mass is 10.1. The van der Waals surface area contributed by atoms with E-state index in [1.54, 1.807) is 0 Å². The van der Waals surface area contributed by atoms with Crippen LogP contribution in [0.25, 0.3) is 0 Å². The summed E-state index contributed by atoms with van der Waals surface area (Å²) in [4.78, 5) is 21.0. The van der Waals surface area contributed by atoms with Crippen molar-refractivity contribution in [1.82, 2.24) is 5.43 Å². The highest BCUT2D eigenvalue weighted by Crippen LogP contribution is 2.48. The van der Waals surface area contributed by atoms with Crippen molar-refractivity contribution in [1.29, 1.82) is 0 Å². The van der Waals surface area contributed by atoms with Crippen LogP contribution < -0.4 is 25.4 Å². The van der Waals surface area contributed by atoms with E-state index in [9.17, 15) is 14.9 Å². The Hall–Kier alpha value is -3.04. The van der Waals surface area contributed by atoms with Crippen molar-refractivity contribution >= 4 is 17.9 Å². The van der Waals surface area contributed by atoms with Gasteiger partial charge in [0.2, 0.25) is 18.3 Å². The number of carbonyl (C=O) groups is 1. The number of amides is 2. The number of methoxy groups -OCH3 is 1. The maximum Gasteiger partial charge on any atom is 0.332 e. The summed E-state index contributed by atoms with van der Waals surface area (Å²) in [6, 6.07) is 0.464. The summed E-state index contributed by atoms with van der Waals surface area (Å²) >= 11 is 0. The molecule has 1 aliphatic rings. The van der Waals surface area contributed by atoms with Gasteiger partial charge in [-0.2, -0.15) is 5.10 Å². The zero-order valence-corrected chi connectivity index (χ0v) is 10.3. The van der Waals surface area contributed by atoms with Gasteiger partial charge < -0.3 is 19.9 Å². The normalized spacial score (nSPS) is 12.4. The molecule has 0 atom stereocenters. The van der Waals surface area contributed by atoms with Gasteiger partial charge in [0.1, 0.15) is 0 Å². The third kappa shape index (κ3) is 2.39. The van der Waals surface area contributed by atoms with E-state index in [1.165, 1.54) is 13.2 Å². The monoisotopic (exact) mass is 282 g/mol. The molecule has 0 saturated heterocycles. The second kappa shape index (κ2) is 5.30. The Morgan fingerprint density at radius 3 is 3.00 bits per heavy atom. The standard InChI is InChI=1S/C10H10N4O6/c1-18-9-7(14(16)17)5(3-12-13-10(11)15)2-6-8(9)20-4-19-6/h2-3H,4H2,1H3,(H3,11,13,15). The average molecular weight is 282 g/mol. The first-order valence-electron chi connectivity index (χ1n) is 5.28. The first kappa shape index (κ1) is 13.4. The number of fused-ring (bicyclic) bond motifs is 1. The van der Waals surface area contributed by atoms with E-state index in [4.69, 9.17) is 19.9 Å². The van der Waals surface area contributed by atoms with E-state index in [0.717, 1.165) is 6.21 Å². The van der Waals surface area contributed by atoms with Gasteiger partial charge in [0.25, 0.3) is 0 Å². The number of nitro groups is 1. The van der Waals surface area contributed by atoms with E-state index in [-0.39, 0.29) is 35.3 Å². The average Bonchev–Trinajstić information content (AvgIpc) is 2.84. The lowest BCUT2D eigenvalue weighted by molar-refractivity contribution is -0.385. The van der Waals surface area contributed by atoms with E-state index in [1.807, 2.05) is 5.43 Å². The minimum Gasteiger partial charge on any atom is -0.487 e. The molecular weight excluding hydrogens is 272 g/mol. The number of benzene rings is 1. The number of urea groups is 1. The number of nitrogens with one attached hydrogen (secondary N) is 1. The van der Waals surface area contributed by atoms with Gasteiger partial charge >= 0.3 is 11.7 Å². The zero-order valence-electron chi connectivity index (χ0n) is 10.3. The number of nitro benzene ring substituents is 1. The molecule has 0 unspecified atom stereocenters. The van der Waals surface area contributed by atoms with E-state index in [2.05, 4.69) is 5.10 Å². The van der Waals surface area contributed by atoms with E-state index < -0.39 is 11.0 Å². The molecule has 1 aromatic rings. The van der Waals surface area contributed by atoms with Gasteiger partial charge in [-0.1, -0.05) is 0 Å². The smallest absolute Gasteiger partial charge is 0.332 e. The van der Waals surface area contributed by atoms with Gasteiger partial charge in [0, 0.05) is 6.07 Å². The number of hydrogen-bond acceptors (Lipinski definition) is 7. The van der Waals surface area contributed by atoms with Crippen LogP contribution in [-0.4, -0.2) is 31.1 Å². The molecule has 0 spiro atoms. The lowest BCUT2D eigenvalue weighted by Crippen LogP contribution is -2.24. The third-order valence-corrected chi connectivity index (χ3v) is 2.39. The first-order chi connectivity index (χ1) is 9.54. The molecule has 2 rings (SSSR count). The van der Waals surface area contributed by atoms with Crippen LogP contribution in [0.1, 0.15) is 5.56 Å².